The van der Waals surface area contributed by atoms with Gasteiger partial charge in [0.15, 0.2) is 0 Å². The fourth-order valence-electron chi connectivity index (χ4n) is 3.96. The number of aryl methyl sites for hydroxylation is 1. The first-order valence-corrected chi connectivity index (χ1v) is 10.2. The Hall–Kier alpha value is -1.34. The van der Waals surface area contributed by atoms with Crippen LogP contribution in [0.15, 0.2) is 17.2 Å². The molecule has 1 amide bonds. The van der Waals surface area contributed by atoms with Crippen molar-refractivity contribution in [2.75, 3.05) is 26.2 Å². The van der Waals surface area contributed by atoms with Crippen molar-refractivity contribution in [3.05, 3.63) is 18.0 Å². The van der Waals surface area contributed by atoms with Crippen molar-refractivity contribution in [2.24, 2.45) is 18.9 Å². The molecule has 0 bridgehead atoms. The summed E-state index contributed by atoms with van der Waals surface area (Å²) < 4.78 is 28.5. The molecule has 24 heavy (non-hydrogen) atoms. The van der Waals surface area contributed by atoms with E-state index in [1.165, 1.54) is 4.31 Å². The number of aromatic nitrogens is 1. The van der Waals surface area contributed by atoms with E-state index in [1.807, 2.05) is 4.90 Å². The summed E-state index contributed by atoms with van der Waals surface area (Å²) in [6.07, 6.45) is 4.51. The van der Waals surface area contributed by atoms with Crippen molar-refractivity contribution in [3.8, 4) is 0 Å². The largest absolute Gasteiger partial charge is 0.345 e. The minimum absolute atomic E-state index is 0.0706. The second-order valence-electron chi connectivity index (χ2n) is 7.44. The zero-order valence-corrected chi connectivity index (χ0v) is 15.6. The average molecular weight is 353 g/mol. The highest BCUT2D eigenvalue weighted by molar-refractivity contribution is 7.89. The normalized spacial score (nSPS) is 26.0. The molecule has 1 aromatic rings. The van der Waals surface area contributed by atoms with Crippen LogP contribution in [0.4, 0.5) is 0 Å². The number of piperidine rings is 1. The van der Waals surface area contributed by atoms with Gasteiger partial charge in [-0.05, 0) is 37.2 Å². The molecule has 7 heteroatoms. The Morgan fingerprint density at radius 3 is 2.29 bits per heavy atom. The van der Waals surface area contributed by atoms with Crippen molar-refractivity contribution in [1.82, 2.24) is 13.8 Å². The van der Waals surface area contributed by atoms with Crippen LogP contribution in [-0.2, 0) is 17.1 Å². The molecule has 3 heterocycles. The number of sulfonamides is 1. The van der Waals surface area contributed by atoms with Crippen molar-refractivity contribution < 1.29 is 13.2 Å². The van der Waals surface area contributed by atoms with Crippen LogP contribution in [0.3, 0.4) is 0 Å². The Kier molecular flexibility index (Phi) is 4.75. The third-order valence-electron chi connectivity index (χ3n) is 5.06. The van der Waals surface area contributed by atoms with Crippen LogP contribution in [0.2, 0.25) is 0 Å². The van der Waals surface area contributed by atoms with Crippen LogP contribution >= 0.6 is 0 Å². The maximum atomic E-state index is 12.9. The lowest BCUT2D eigenvalue weighted by Crippen LogP contribution is -2.43. The fraction of sp³-hybridized carbons (Fsp3) is 0.706. The van der Waals surface area contributed by atoms with Crippen LogP contribution < -0.4 is 0 Å². The fourth-order valence-corrected chi connectivity index (χ4v) is 5.55. The van der Waals surface area contributed by atoms with E-state index in [1.54, 1.807) is 23.9 Å². The van der Waals surface area contributed by atoms with E-state index in [0.29, 0.717) is 30.6 Å². The standard InChI is InChI=1S/C17H27N3O3S/c1-13-8-14(2)11-19(10-13)17(21)16-9-15(12-18(16)3)24(22,23)20-6-4-5-7-20/h9,12-14H,4-8,10-11H2,1-3H3/t13-,14+. The zero-order chi connectivity index (χ0) is 17.5. The first-order chi connectivity index (χ1) is 11.3. The molecule has 0 unspecified atom stereocenters. The summed E-state index contributed by atoms with van der Waals surface area (Å²) in [5, 5.41) is 0. The van der Waals surface area contributed by atoms with Crippen LogP contribution in [0.5, 0.6) is 0 Å². The summed E-state index contributed by atoms with van der Waals surface area (Å²) >= 11 is 0. The van der Waals surface area contributed by atoms with Gasteiger partial charge >= 0.3 is 0 Å². The summed E-state index contributed by atoms with van der Waals surface area (Å²) in [5.41, 5.74) is 0.453. The molecule has 0 N–H and O–H groups in total. The molecule has 0 aromatic carbocycles. The summed E-state index contributed by atoms with van der Waals surface area (Å²) in [4.78, 5) is 15.0. The van der Waals surface area contributed by atoms with Crippen molar-refractivity contribution in [1.29, 1.82) is 0 Å². The second-order valence-corrected chi connectivity index (χ2v) is 9.38. The van der Waals surface area contributed by atoms with E-state index in [2.05, 4.69) is 13.8 Å². The molecule has 2 fully saturated rings. The molecule has 3 rings (SSSR count). The van der Waals surface area contributed by atoms with E-state index in [0.717, 1.165) is 32.4 Å². The Morgan fingerprint density at radius 2 is 1.71 bits per heavy atom. The van der Waals surface area contributed by atoms with Crippen LogP contribution in [0.1, 0.15) is 43.6 Å². The third kappa shape index (κ3) is 3.24. The number of hydrogen-bond donors (Lipinski definition) is 0. The third-order valence-corrected chi connectivity index (χ3v) is 6.92. The first-order valence-electron chi connectivity index (χ1n) is 8.75. The van der Waals surface area contributed by atoms with Crippen molar-refractivity contribution >= 4 is 15.9 Å². The number of hydrogen-bond acceptors (Lipinski definition) is 3. The number of carbonyl (C=O) groups excluding carboxylic acids is 1. The lowest BCUT2D eigenvalue weighted by Gasteiger charge is -2.35. The van der Waals surface area contributed by atoms with Gasteiger partial charge in [-0.2, -0.15) is 4.31 Å². The first kappa shape index (κ1) is 17.5. The quantitative estimate of drug-likeness (QED) is 0.834. The summed E-state index contributed by atoms with van der Waals surface area (Å²) in [6.45, 7) is 6.93. The van der Waals surface area contributed by atoms with Gasteiger partial charge in [-0.3, -0.25) is 4.79 Å². The monoisotopic (exact) mass is 353 g/mol. The molecule has 0 spiro atoms. The molecular weight excluding hydrogens is 326 g/mol. The van der Waals surface area contributed by atoms with E-state index in [4.69, 9.17) is 0 Å². The molecule has 1 aromatic heterocycles. The molecule has 0 radical (unpaired) electrons. The van der Waals surface area contributed by atoms with Crippen molar-refractivity contribution in [2.45, 2.75) is 38.0 Å². The number of carbonyl (C=O) groups is 1. The summed E-state index contributed by atoms with van der Waals surface area (Å²) in [7, 11) is -1.74. The molecule has 2 atom stereocenters. The van der Waals surface area contributed by atoms with E-state index in [9.17, 15) is 13.2 Å². The van der Waals surface area contributed by atoms with Gasteiger partial charge in [-0.15, -0.1) is 0 Å². The van der Waals surface area contributed by atoms with Gasteiger partial charge < -0.3 is 9.47 Å². The number of amides is 1. The number of likely N-dealkylation sites (tertiary alicyclic amines) is 1. The summed E-state index contributed by atoms with van der Waals surface area (Å²) in [5.74, 6) is 0.885. The lowest BCUT2D eigenvalue weighted by molar-refractivity contribution is 0.0613. The maximum Gasteiger partial charge on any atom is 0.270 e. The highest BCUT2D eigenvalue weighted by atomic mass is 32.2. The molecule has 2 aliphatic heterocycles. The zero-order valence-electron chi connectivity index (χ0n) is 14.7. The minimum Gasteiger partial charge on any atom is -0.345 e. The van der Waals surface area contributed by atoms with Crippen LogP contribution in [0, 0.1) is 11.8 Å². The SMILES string of the molecule is C[C@@H]1C[C@H](C)CN(C(=O)c2cc(S(=O)(=O)N3CCCC3)cn2C)C1. The van der Waals surface area contributed by atoms with Gasteiger partial charge in [0.05, 0.1) is 0 Å². The van der Waals surface area contributed by atoms with E-state index >= 15 is 0 Å². The molecule has 134 valence electrons. The molecule has 0 aliphatic carbocycles. The Labute approximate surface area is 144 Å². The Bertz CT molecular complexity index is 709. The number of nitrogens with zero attached hydrogens (tertiary/aromatic N) is 3. The smallest absolute Gasteiger partial charge is 0.270 e. The predicted molar refractivity (Wildman–Crippen MR) is 92.3 cm³/mol. The Morgan fingerprint density at radius 1 is 1.12 bits per heavy atom. The second kappa shape index (κ2) is 6.52. The molecular formula is C17H27N3O3S. The van der Waals surface area contributed by atoms with Gasteiger partial charge in [-0.25, -0.2) is 8.42 Å². The van der Waals surface area contributed by atoms with E-state index in [-0.39, 0.29) is 10.8 Å². The Balaban J connectivity index is 1.85. The van der Waals surface area contributed by atoms with Gasteiger partial charge in [0.1, 0.15) is 10.6 Å². The molecule has 2 saturated heterocycles. The topological polar surface area (TPSA) is 62.6 Å². The van der Waals surface area contributed by atoms with Gasteiger partial charge in [-0.1, -0.05) is 13.8 Å². The average Bonchev–Trinajstić information content (AvgIpc) is 3.15. The molecule has 6 nitrogen and oxygen atoms in total. The van der Waals surface area contributed by atoms with Crippen molar-refractivity contribution in [3.63, 3.8) is 0 Å². The minimum atomic E-state index is -3.48. The van der Waals surface area contributed by atoms with Crippen LogP contribution in [-0.4, -0.2) is 54.3 Å². The molecule has 0 saturated carbocycles. The lowest BCUT2D eigenvalue weighted by atomic mass is 9.92. The van der Waals surface area contributed by atoms with Gasteiger partial charge in [0.2, 0.25) is 10.0 Å². The van der Waals surface area contributed by atoms with Gasteiger partial charge in [0, 0.05) is 39.4 Å². The van der Waals surface area contributed by atoms with Gasteiger partial charge in [0.25, 0.3) is 5.91 Å². The predicted octanol–water partition coefficient (Wildman–Crippen LogP) is 1.93. The molecule has 2 aliphatic rings. The highest BCUT2D eigenvalue weighted by Crippen LogP contribution is 2.25. The number of rotatable bonds is 3. The van der Waals surface area contributed by atoms with E-state index < -0.39 is 10.0 Å². The highest BCUT2D eigenvalue weighted by Gasteiger charge is 2.32. The summed E-state index contributed by atoms with van der Waals surface area (Å²) in [6, 6.07) is 1.54. The van der Waals surface area contributed by atoms with Crippen LogP contribution in [0.25, 0.3) is 0 Å². The maximum absolute atomic E-state index is 12.9.